The normalized spacial score (nSPS) is 12.3. The molecular formula is C18H24N2. The minimum Gasteiger partial charge on any atom is -0.310 e. The summed E-state index contributed by atoms with van der Waals surface area (Å²) in [6, 6.07) is 13.5. The zero-order valence-corrected chi connectivity index (χ0v) is 12.5. The van der Waals surface area contributed by atoms with Gasteiger partial charge in [0.1, 0.15) is 0 Å². The molecule has 0 aliphatic heterocycles. The topological polar surface area (TPSA) is 24.9 Å². The lowest BCUT2D eigenvalue weighted by Crippen LogP contribution is -2.21. The van der Waals surface area contributed by atoms with Gasteiger partial charge in [0, 0.05) is 18.4 Å². The molecule has 0 saturated carbocycles. The highest BCUT2D eigenvalue weighted by Crippen LogP contribution is 2.20. The standard InChI is InChI=1S/C18H24N2/c1-3-15-7-5-9-17(13-15)18(20-4-2)11-10-16-8-6-12-19-14-16/h5-9,12-14,18,20H,3-4,10-11H2,1-2H3. The molecule has 2 nitrogen and oxygen atoms in total. The summed E-state index contributed by atoms with van der Waals surface area (Å²) in [7, 11) is 0. The van der Waals surface area contributed by atoms with E-state index in [4.69, 9.17) is 0 Å². The summed E-state index contributed by atoms with van der Waals surface area (Å²) in [5, 5.41) is 3.60. The molecule has 0 spiro atoms. The van der Waals surface area contributed by atoms with Gasteiger partial charge in [-0.3, -0.25) is 4.98 Å². The Hall–Kier alpha value is -1.67. The number of pyridine rings is 1. The van der Waals surface area contributed by atoms with Crippen LogP contribution in [0.3, 0.4) is 0 Å². The molecule has 0 aliphatic rings. The van der Waals surface area contributed by atoms with Crippen LogP contribution in [0.2, 0.25) is 0 Å². The Morgan fingerprint density at radius 2 is 1.95 bits per heavy atom. The van der Waals surface area contributed by atoms with Crippen molar-refractivity contribution in [2.24, 2.45) is 0 Å². The van der Waals surface area contributed by atoms with Crippen LogP contribution in [0.1, 0.15) is 43.0 Å². The van der Waals surface area contributed by atoms with Crippen molar-refractivity contribution in [1.29, 1.82) is 0 Å². The van der Waals surface area contributed by atoms with Gasteiger partial charge in [-0.2, -0.15) is 0 Å². The molecule has 0 bridgehead atoms. The van der Waals surface area contributed by atoms with Gasteiger partial charge in [0.05, 0.1) is 0 Å². The van der Waals surface area contributed by atoms with E-state index < -0.39 is 0 Å². The van der Waals surface area contributed by atoms with Crippen LogP contribution in [0.5, 0.6) is 0 Å². The van der Waals surface area contributed by atoms with Crippen molar-refractivity contribution in [2.75, 3.05) is 6.54 Å². The second-order valence-electron chi connectivity index (χ2n) is 5.11. The van der Waals surface area contributed by atoms with Crippen molar-refractivity contribution in [3.63, 3.8) is 0 Å². The van der Waals surface area contributed by atoms with E-state index in [0.717, 1.165) is 25.8 Å². The first-order valence-corrected chi connectivity index (χ1v) is 7.54. The first kappa shape index (κ1) is 14.7. The molecule has 20 heavy (non-hydrogen) atoms. The van der Waals surface area contributed by atoms with E-state index in [1.54, 1.807) is 0 Å². The van der Waals surface area contributed by atoms with Gasteiger partial charge in [0.25, 0.3) is 0 Å². The summed E-state index contributed by atoms with van der Waals surface area (Å²) in [4.78, 5) is 4.19. The summed E-state index contributed by atoms with van der Waals surface area (Å²) in [6.07, 6.45) is 7.05. The van der Waals surface area contributed by atoms with E-state index in [2.05, 4.69) is 54.5 Å². The Bertz CT molecular complexity index is 508. The smallest absolute Gasteiger partial charge is 0.0323 e. The molecule has 1 N–H and O–H groups in total. The third-order valence-corrected chi connectivity index (χ3v) is 3.66. The Kier molecular flexibility index (Phi) is 5.75. The highest BCUT2D eigenvalue weighted by Gasteiger charge is 2.10. The fourth-order valence-electron chi connectivity index (χ4n) is 2.52. The molecule has 1 unspecified atom stereocenters. The van der Waals surface area contributed by atoms with Crippen LogP contribution in [0.15, 0.2) is 48.8 Å². The minimum absolute atomic E-state index is 0.423. The van der Waals surface area contributed by atoms with Crippen LogP contribution in [-0.4, -0.2) is 11.5 Å². The van der Waals surface area contributed by atoms with Crippen molar-refractivity contribution in [3.05, 3.63) is 65.5 Å². The van der Waals surface area contributed by atoms with Gasteiger partial charge in [-0.15, -0.1) is 0 Å². The molecule has 1 aromatic heterocycles. The maximum Gasteiger partial charge on any atom is 0.0323 e. The van der Waals surface area contributed by atoms with Gasteiger partial charge >= 0.3 is 0 Å². The van der Waals surface area contributed by atoms with Gasteiger partial charge in [0.15, 0.2) is 0 Å². The molecule has 0 amide bonds. The van der Waals surface area contributed by atoms with Gasteiger partial charge in [0.2, 0.25) is 0 Å². The van der Waals surface area contributed by atoms with E-state index >= 15 is 0 Å². The second kappa shape index (κ2) is 7.81. The van der Waals surface area contributed by atoms with Crippen LogP contribution in [-0.2, 0) is 12.8 Å². The lowest BCUT2D eigenvalue weighted by molar-refractivity contribution is 0.515. The lowest BCUT2D eigenvalue weighted by Gasteiger charge is -2.19. The quantitative estimate of drug-likeness (QED) is 0.823. The lowest BCUT2D eigenvalue weighted by atomic mass is 9.97. The average Bonchev–Trinajstić information content (AvgIpc) is 2.52. The maximum absolute atomic E-state index is 4.19. The SMILES string of the molecule is CCNC(CCc1cccnc1)c1cccc(CC)c1. The van der Waals surface area contributed by atoms with E-state index in [1.807, 2.05) is 18.5 Å². The zero-order valence-electron chi connectivity index (χ0n) is 12.5. The summed E-state index contributed by atoms with van der Waals surface area (Å²) in [6.45, 7) is 5.37. The number of hydrogen-bond acceptors (Lipinski definition) is 2. The largest absolute Gasteiger partial charge is 0.310 e. The molecule has 1 atom stereocenters. The molecule has 0 fully saturated rings. The Balaban J connectivity index is 2.06. The molecule has 0 radical (unpaired) electrons. The number of rotatable bonds is 7. The molecule has 0 aliphatic carbocycles. The molecular weight excluding hydrogens is 244 g/mol. The van der Waals surface area contributed by atoms with Crippen molar-refractivity contribution in [2.45, 2.75) is 39.2 Å². The molecule has 1 aromatic carbocycles. The van der Waals surface area contributed by atoms with Crippen LogP contribution >= 0.6 is 0 Å². The number of nitrogens with zero attached hydrogens (tertiary/aromatic N) is 1. The van der Waals surface area contributed by atoms with E-state index in [0.29, 0.717) is 6.04 Å². The van der Waals surface area contributed by atoms with Crippen molar-refractivity contribution in [1.82, 2.24) is 10.3 Å². The Labute approximate surface area is 122 Å². The van der Waals surface area contributed by atoms with Gasteiger partial charge in [-0.25, -0.2) is 0 Å². The highest BCUT2D eigenvalue weighted by molar-refractivity contribution is 5.26. The predicted octanol–water partition coefficient (Wildman–Crippen LogP) is 3.93. The average molecular weight is 268 g/mol. The number of aryl methyl sites for hydroxylation is 2. The fraction of sp³-hybridized carbons (Fsp3) is 0.389. The van der Waals surface area contributed by atoms with Gasteiger partial charge < -0.3 is 5.32 Å². The molecule has 2 rings (SSSR count). The summed E-state index contributed by atoms with van der Waals surface area (Å²) >= 11 is 0. The van der Waals surface area contributed by atoms with E-state index in [1.165, 1.54) is 16.7 Å². The van der Waals surface area contributed by atoms with Gasteiger partial charge in [-0.05, 0) is 48.6 Å². The summed E-state index contributed by atoms with van der Waals surface area (Å²) in [5.41, 5.74) is 4.11. The van der Waals surface area contributed by atoms with Crippen molar-refractivity contribution in [3.8, 4) is 0 Å². The zero-order chi connectivity index (χ0) is 14.2. The first-order valence-electron chi connectivity index (χ1n) is 7.54. The predicted molar refractivity (Wildman–Crippen MR) is 84.8 cm³/mol. The number of aromatic nitrogens is 1. The Morgan fingerprint density at radius 1 is 1.10 bits per heavy atom. The number of nitrogens with one attached hydrogen (secondary N) is 1. The van der Waals surface area contributed by atoms with Gasteiger partial charge in [-0.1, -0.05) is 44.2 Å². The van der Waals surface area contributed by atoms with Crippen molar-refractivity contribution < 1.29 is 0 Å². The Morgan fingerprint density at radius 3 is 2.65 bits per heavy atom. The monoisotopic (exact) mass is 268 g/mol. The summed E-state index contributed by atoms with van der Waals surface area (Å²) in [5.74, 6) is 0. The third kappa shape index (κ3) is 4.17. The van der Waals surface area contributed by atoms with E-state index in [-0.39, 0.29) is 0 Å². The second-order valence-corrected chi connectivity index (χ2v) is 5.11. The van der Waals surface area contributed by atoms with Crippen molar-refractivity contribution >= 4 is 0 Å². The highest BCUT2D eigenvalue weighted by atomic mass is 14.9. The van der Waals surface area contributed by atoms with Crippen LogP contribution < -0.4 is 5.32 Å². The van der Waals surface area contributed by atoms with Crippen LogP contribution in [0.25, 0.3) is 0 Å². The maximum atomic E-state index is 4.19. The molecule has 106 valence electrons. The molecule has 0 saturated heterocycles. The molecule has 2 aromatic rings. The van der Waals surface area contributed by atoms with Crippen LogP contribution in [0.4, 0.5) is 0 Å². The number of benzene rings is 1. The third-order valence-electron chi connectivity index (χ3n) is 3.66. The first-order chi connectivity index (χ1) is 9.83. The number of hydrogen-bond donors (Lipinski definition) is 1. The molecule has 2 heteroatoms. The van der Waals surface area contributed by atoms with Crippen LogP contribution in [0, 0.1) is 0 Å². The minimum atomic E-state index is 0.423. The molecule has 1 heterocycles. The summed E-state index contributed by atoms with van der Waals surface area (Å²) < 4.78 is 0. The fourth-order valence-corrected chi connectivity index (χ4v) is 2.52. The van der Waals surface area contributed by atoms with E-state index in [9.17, 15) is 0 Å².